The summed E-state index contributed by atoms with van der Waals surface area (Å²) >= 11 is 11.0. The molecule has 0 spiro atoms. The fourth-order valence-electron chi connectivity index (χ4n) is 1.52. The van der Waals surface area contributed by atoms with Crippen molar-refractivity contribution in [2.75, 3.05) is 11.9 Å². The molecule has 2 rings (SSSR count). The van der Waals surface area contributed by atoms with Gasteiger partial charge >= 0.3 is 5.97 Å². The van der Waals surface area contributed by atoms with E-state index in [4.69, 9.17) is 16.7 Å². The number of aromatic carboxylic acids is 1. The maximum Gasteiger partial charge on any atom is 0.337 e. The van der Waals surface area contributed by atoms with Crippen molar-refractivity contribution >= 4 is 50.7 Å². The first-order chi connectivity index (χ1) is 9.08. The van der Waals surface area contributed by atoms with Crippen LogP contribution < -0.4 is 5.32 Å². The number of nitrogens with zero attached hydrogens (tertiary/aromatic N) is 1. The Labute approximate surface area is 127 Å². The van der Waals surface area contributed by atoms with E-state index in [1.54, 1.807) is 11.3 Å². The van der Waals surface area contributed by atoms with Gasteiger partial charge in [-0.2, -0.15) is 0 Å². The zero-order valence-corrected chi connectivity index (χ0v) is 12.8. The number of rotatable bonds is 5. The monoisotopic (exact) mass is 360 g/mol. The van der Waals surface area contributed by atoms with Gasteiger partial charge in [-0.1, -0.05) is 11.6 Å². The second kappa shape index (κ2) is 6.36. The number of carboxylic acid groups (broad SMARTS) is 1. The van der Waals surface area contributed by atoms with Gasteiger partial charge in [0, 0.05) is 17.6 Å². The Morgan fingerprint density at radius 1 is 1.47 bits per heavy atom. The highest BCUT2D eigenvalue weighted by Gasteiger charge is 2.12. The Balaban J connectivity index is 2.00. The number of pyridine rings is 1. The van der Waals surface area contributed by atoms with Crippen molar-refractivity contribution in [1.29, 1.82) is 0 Å². The van der Waals surface area contributed by atoms with Gasteiger partial charge in [-0.05, 0) is 40.5 Å². The molecule has 2 N–H and O–H groups in total. The summed E-state index contributed by atoms with van der Waals surface area (Å²) in [5, 5.41) is 12.1. The van der Waals surface area contributed by atoms with Crippen molar-refractivity contribution < 1.29 is 9.90 Å². The van der Waals surface area contributed by atoms with Gasteiger partial charge < -0.3 is 10.4 Å². The largest absolute Gasteiger partial charge is 0.478 e. The number of hydrogen-bond donors (Lipinski definition) is 2. The lowest BCUT2D eigenvalue weighted by molar-refractivity contribution is 0.0697. The first-order valence-corrected chi connectivity index (χ1v) is 7.42. The lowest BCUT2D eigenvalue weighted by Crippen LogP contribution is -2.08. The molecule has 0 radical (unpaired) electrons. The van der Waals surface area contributed by atoms with Crippen LogP contribution in [0.3, 0.4) is 0 Å². The third-order valence-electron chi connectivity index (χ3n) is 2.41. The molecule has 0 unspecified atom stereocenters. The molecule has 19 heavy (non-hydrogen) atoms. The maximum atomic E-state index is 10.9. The highest BCUT2D eigenvalue weighted by Crippen LogP contribution is 2.25. The number of nitrogens with one attached hydrogen (secondary N) is 1. The average molecular weight is 362 g/mol. The first-order valence-electron chi connectivity index (χ1n) is 5.44. The SMILES string of the molecule is O=C(O)c1ccnc(NCCc2ccc(Br)s2)c1Cl. The predicted octanol–water partition coefficient (Wildman–Crippen LogP) is 3.91. The van der Waals surface area contributed by atoms with Gasteiger partial charge in [0.2, 0.25) is 0 Å². The van der Waals surface area contributed by atoms with Crippen LogP contribution in [0.4, 0.5) is 5.82 Å². The van der Waals surface area contributed by atoms with Gasteiger partial charge in [0.05, 0.1) is 14.4 Å². The van der Waals surface area contributed by atoms with Crippen LogP contribution in [-0.4, -0.2) is 22.6 Å². The highest BCUT2D eigenvalue weighted by atomic mass is 79.9. The van der Waals surface area contributed by atoms with Gasteiger partial charge in [-0.15, -0.1) is 11.3 Å². The molecule has 0 atom stereocenters. The molecule has 0 aliphatic rings. The molecule has 0 aliphatic carbocycles. The van der Waals surface area contributed by atoms with Gasteiger partial charge in [-0.3, -0.25) is 0 Å². The molecule has 0 bridgehead atoms. The van der Waals surface area contributed by atoms with Gasteiger partial charge in [0.25, 0.3) is 0 Å². The third kappa shape index (κ3) is 3.68. The number of thiophene rings is 1. The van der Waals surface area contributed by atoms with Crippen molar-refractivity contribution in [3.8, 4) is 0 Å². The normalized spacial score (nSPS) is 10.4. The minimum atomic E-state index is -1.06. The summed E-state index contributed by atoms with van der Waals surface area (Å²) in [6.07, 6.45) is 2.25. The van der Waals surface area contributed by atoms with Crippen molar-refractivity contribution in [2.45, 2.75) is 6.42 Å². The molecular weight excluding hydrogens is 352 g/mol. The summed E-state index contributed by atoms with van der Waals surface area (Å²) in [4.78, 5) is 16.2. The number of halogens is 2. The van der Waals surface area contributed by atoms with E-state index in [9.17, 15) is 4.79 Å². The van der Waals surface area contributed by atoms with Crippen LogP contribution in [-0.2, 0) is 6.42 Å². The Kier molecular flexibility index (Phi) is 4.79. The molecule has 0 amide bonds. The summed E-state index contributed by atoms with van der Waals surface area (Å²) in [7, 11) is 0. The molecule has 2 aromatic heterocycles. The molecule has 2 heterocycles. The zero-order chi connectivity index (χ0) is 13.8. The van der Waals surface area contributed by atoms with Crippen LogP contribution in [0.5, 0.6) is 0 Å². The molecule has 7 heteroatoms. The molecule has 4 nitrogen and oxygen atoms in total. The molecule has 0 saturated carbocycles. The van der Waals surface area contributed by atoms with Crippen LogP contribution >= 0.6 is 38.9 Å². The van der Waals surface area contributed by atoms with E-state index in [-0.39, 0.29) is 10.6 Å². The summed E-state index contributed by atoms with van der Waals surface area (Å²) in [5.74, 6) is -0.658. The van der Waals surface area contributed by atoms with Crippen LogP contribution in [0.2, 0.25) is 5.02 Å². The summed E-state index contributed by atoms with van der Waals surface area (Å²) in [6.45, 7) is 0.642. The van der Waals surface area contributed by atoms with Gasteiger partial charge in [0.1, 0.15) is 5.82 Å². The van der Waals surface area contributed by atoms with Crippen LogP contribution in [0, 0.1) is 0 Å². The van der Waals surface area contributed by atoms with E-state index in [1.165, 1.54) is 17.1 Å². The summed E-state index contributed by atoms with van der Waals surface area (Å²) < 4.78 is 1.09. The lowest BCUT2D eigenvalue weighted by atomic mass is 10.2. The van der Waals surface area contributed by atoms with Gasteiger partial charge in [-0.25, -0.2) is 9.78 Å². The lowest BCUT2D eigenvalue weighted by Gasteiger charge is -2.08. The van der Waals surface area contributed by atoms with Crippen LogP contribution in [0.15, 0.2) is 28.2 Å². The van der Waals surface area contributed by atoms with Crippen molar-refractivity contribution in [3.63, 3.8) is 0 Å². The Hall–Kier alpha value is -1.11. The Bertz CT molecular complexity index is 603. The maximum absolute atomic E-state index is 10.9. The fourth-order valence-corrected chi connectivity index (χ4v) is 3.26. The summed E-state index contributed by atoms with van der Waals surface area (Å²) in [5.41, 5.74) is 0.0537. The molecule has 100 valence electrons. The second-order valence-electron chi connectivity index (χ2n) is 3.71. The number of hydrogen-bond acceptors (Lipinski definition) is 4. The quantitative estimate of drug-likeness (QED) is 0.847. The molecule has 0 saturated heterocycles. The van der Waals surface area contributed by atoms with Crippen LogP contribution in [0.1, 0.15) is 15.2 Å². The zero-order valence-electron chi connectivity index (χ0n) is 9.69. The number of carbonyl (C=O) groups is 1. The molecular formula is C12H10BrClN2O2S. The second-order valence-corrected chi connectivity index (χ2v) is 6.63. The van der Waals surface area contributed by atoms with E-state index < -0.39 is 5.97 Å². The van der Waals surface area contributed by atoms with Crippen molar-refractivity contribution in [3.05, 3.63) is 43.6 Å². The molecule has 0 aromatic carbocycles. The minimum Gasteiger partial charge on any atom is -0.478 e. The minimum absolute atomic E-state index is 0.0537. The Morgan fingerprint density at radius 3 is 2.89 bits per heavy atom. The molecule has 0 fully saturated rings. The van der Waals surface area contributed by atoms with Gasteiger partial charge in [0.15, 0.2) is 0 Å². The highest BCUT2D eigenvalue weighted by molar-refractivity contribution is 9.11. The van der Waals surface area contributed by atoms with E-state index in [2.05, 4.69) is 26.2 Å². The fraction of sp³-hybridized carbons (Fsp3) is 0.167. The Morgan fingerprint density at radius 2 is 2.26 bits per heavy atom. The third-order valence-corrected chi connectivity index (χ3v) is 4.48. The van der Waals surface area contributed by atoms with Crippen molar-refractivity contribution in [2.24, 2.45) is 0 Å². The molecule has 0 aliphatic heterocycles. The van der Waals surface area contributed by atoms with E-state index >= 15 is 0 Å². The standard InChI is InChI=1S/C12H10BrClN2O2S/c13-9-2-1-7(19-9)3-5-15-11-10(14)8(12(17)18)4-6-16-11/h1-2,4,6H,3,5H2,(H,15,16)(H,17,18). The molecule has 2 aromatic rings. The topological polar surface area (TPSA) is 62.2 Å². The number of anilines is 1. The average Bonchev–Trinajstić information content (AvgIpc) is 2.77. The number of carboxylic acids is 1. The van der Waals surface area contributed by atoms with Crippen molar-refractivity contribution in [1.82, 2.24) is 4.98 Å². The first kappa shape index (κ1) is 14.3. The van der Waals surface area contributed by atoms with Crippen LogP contribution in [0.25, 0.3) is 0 Å². The van der Waals surface area contributed by atoms with E-state index in [0.29, 0.717) is 12.4 Å². The van der Waals surface area contributed by atoms with E-state index in [1.807, 2.05) is 12.1 Å². The summed E-state index contributed by atoms with van der Waals surface area (Å²) in [6, 6.07) is 5.42. The predicted molar refractivity (Wildman–Crippen MR) is 80.4 cm³/mol. The smallest absolute Gasteiger partial charge is 0.337 e. The van der Waals surface area contributed by atoms with E-state index in [0.717, 1.165) is 10.2 Å². The number of aromatic nitrogens is 1.